The van der Waals surface area contributed by atoms with Crippen molar-refractivity contribution in [2.75, 3.05) is 13.2 Å². The van der Waals surface area contributed by atoms with Crippen LogP contribution in [0.2, 0.25) is 0 Å². The molecule has 3 rings (SSSR count). The Morgan fingerprint density at radius 1 is 1.17 bits per heavy atom. The first-order valence-electron chi connectivity index (χ1n) is 8.44. The van der Waals surface area contributed by atoms with Gasteiger partial charge in [-0.3, -0.25) is 9.59 Å². The molecule has 2 amide bonds. The van der Waals surface area contributed by atoms with Gasteiger partial charge >= 0.3 is 0 Å². The van der Waals surface area contributed by atoms with Crippen molar-refractivity contribution < 1.29 is 14.3 Å². The van der Waals surface area contributed by atoms with E-state index in [1.807, 2.05) is 36.1 Å². The zero-order valence-corrected chi connectivity index (χ0v) is 13.6. The van der Waals surface area contributed by atoms with Crippen LogP contribution in [0.15, 0.2) is 24.3 Å². The Hall–Kier alpha value is -1.88. The van der Waals surface area contributed by atoms with Crippen molar-refractivity contribution in [3.63, 3.8) is 0 Å². The number of nitrogens with one attached hydrogen (secondary N) is 1. The van der Waals surface area contributed by atoms with Gasteiger partial charge in [0.25, 0.3) is 5.91 Å². The summed E-state index contributed by atoms with van der Waals surface area (Å²) in [4.78, 5) is 26.1. The Kier molecular flexibility index (Phi) is 4.96. The molecule has 0 aromatic heterocycles. The fraction of sp³-hybridized carbons (Fsp3) is 0.556. The topological polar surface area (TPSA) is 58.6 Å². The second-order valence-corrected chi connectivity index (χ2v) is 6.33. The Morgan fingerprint density at radius 3 is 2.43 bits per heavy atom. The average Bonchev–Trinajstić information content (AvgIpc) is 3.44. The molecule has 0 heterocycles. The van der Waals surface area contributed by atoms with Crippen molar-refractivity contribution in [3.8, 4) is 0 Å². The summed E-state index contributed by atoms with van der Waals surface area (Å²) in [6, 6.07) is 8.26. The maximum absolute atomic E-state index is 12.2. The Bertz CT molecular complexity index is 562. The van der Waals surface area contributed by atoms with Gasteiger partial charge in [0.1, 0.15) is 6.61 Å². The molecule has 124 valence electrons. The number of carbonyl (C=O) groups excluding carboxylic acids is 2. The molecule has 0 radical (unpaired) electrons. The average molecular weight is 316 g/mol. The van der Waals surface area contributed by atoms with Crippen LogP contribution in [0.5, 0.6) is 0 Å². The third-order valence-corrected chi connectivity index (χ3v) is 4.22. The maximum Gasteiger partial charge on any atom is 0.251 e. The molecule has 0 aliphatic heterocycles. The van der Waals surface area contributed by atoms with Crippen molar-refractivity contribution in [1.82, 2.24) is 10.2 Å². The molecule has 5 heteroatoms. The summed E-state index contributed by atoms with van der Waals surface area (Å²) in [5.41, 5.74) is 1.73. The molecule has 1 N–H and O–H groups in total. The van der Waals surface area contributed by atoms with Gasteiger partial charge < -0.3 is 15.0 Å². The fourth-order valence-corrected chi connectivity index (χ4v) is 2.53. The van der Waals surface area contributed by atoms with Crippen LogP contribution in [-0.4, -0.2) is 42.0 Å². The molecule has 2 aliphatic carbocycles. The monoisotopic (exact) mass is 316 g/mol. The van der Waals surface area contributed by atoms with Crippen LogP contribution in [0, 0.1) is 0 Å². The Morgan fingerprint density at radius 2 is 1.87 bits per heavy atom. The quantitative estimate of drug-likeness (QED) is 0.799. The number of carbonyl (C=O) groups is 2. The SMILES string of the molecule is CCOCC(=O)N(Cc1ccc(C(=O)NC2CC2)cc1)C1CC1. The molecule has 2 aliphatic rings. The minimum absolute atomic E-state index is 0.00878. The minimum Gasteiger partial charge on any atom is -0.372 e. The first-order chi connectivity index (χ1) is 11.2. The first kappa shape index (κ1) is 16.0. The molecule has 1 aromatic carbocycles. The third-order valence-electron chi connectivity index (χ3n) is 4.22. The molecule has 0 unspecified atom stereocenters. The van der Waals surface area contributed by atoms with E-state index < -0.39 is 0 Å². The van der Waals surface area contributed by atoms with E-state index >= 15 is 0 Å². The van der Waals surface area contributed by atoms with E-state index in [2.05, 4.69) is 5.32 Å². The Labute approximate surface area is 137 Å². The molecular weight excluding hydrogens is 292 g/mol. The van der Waals surface area contributed by atoms with Crippen molar-refractivity contribution in [3.05, 3.63) is 35.4 Å². The minimum atomic E-state index is -0.00878. The summed E-state index contributed by atoms with van der Waals surface area (Å²) < 4.78 is 5.24. The summed E-state index contributed by atoms with van der Waals surface area (Å²) in [5, 5.41) is 2.98. The molecule has 5 nitrogen and oxygen atoms in total. The summed E-state index contributed by atoms with van der Waals surface area (Å²) in [6.07, 6.45) is 4.31. The Balaban J connectivity index is 1.59. The molecule has 2 saturated carbocycles. The van der Waals surface area contributed by atoms with Crippen LogP contribution in [-0.2, 0) is 16.1 Å². The standard InChI is InChI=1S/C18H24N2O3/c1-2-23-12-17(21)20(16-9-10-16)11-13-3-5-14(6-4-13)18(22)19-15-7-8-15/h3-6,15-16H,2,7-12H2,1H3,(H,19,22). The molecule has 0 saturated heterocycles. The van der Waals surface area contributed by atoms with E-state index in [4.69, 9.17) is 4.74 Å². The lowest BCUT2D eigenvalue weighted by atomic mass is 10.1. The maximum atomic E-state index is 12.2. The van der Waals surface area contributed by atoms with Gasteiger partial charge in [-0.2, -0.15) is 0 Å². The van der Waals surface area contributed by atoms with Gasteiger partial charge in [0.05, 0.1) is 0 Å². The summed E-state index contributed by atoms with van der Waals surface area (Å²) >= 11 is 0. The van der Waals surface area contributed by atoms with Crippen LogP contribution in [0.4, 0.5) is 0 Å². The van der Waals surface area contributed by atoms with Gasteiger partial charge in [-0.05, 0) is 50.3 Å². The van der Waals surface area contributed by atoms with Gasteiger partial charge in [0.2, 0.25) is 5.91 Å². The normalized spacial score (nSPS) is 16.9. The first-order valence-corrected chi connectivity index (χ1v) is 8.44. The number of ether oxygens (including phenoxy) is 1. The third kappa shape index (κ3) is 4.55. The van der Waals surface area contributed by atoms with Gasteiger partial charge in [-0.1, -0.05) is 12.1 Å². The molecular formula is C18H24N2O3. The van der Waals surface area contributed by atoms with Crippen LogP contribution in [0.1, 0.15) is 48.5 Å². The van der Waals surface area contributed by atoms with E-state index in [1.54, 1.807) is 0 Å². The van der Waals surface area contributed by atoms with Crippen LogP contribution in [0.25, 0.3) is 0 Å². The second kappa shape index (κ2) is 7.13. The van der Waals surface area contributed by atoms with Crippen molar-refractivity contribution >= 4 is 11.8 Å². The number of hydrogen-bond acceptors (Lipinski definition) is 3. The van der Waals surface area contributed by atoms with E-state index in [9.17, 15) is 9.59 Å². The number of amides is 2. The van der Waals surface area contributed by atoms with E-state index in [1.165, 1.54) is 0 Å². The highest BCUT2D eigenvalue weighted by molar-refractivity contribution is 5.94. The zero-order chi connectivity index (χ0) is 16.2. The van der Waals surface area contributed by atoms with Crippen LogP contribution in [0.3, 0.4) is 0 Å². The van der Waals surface area contributed by atoms with Gasteiger partial charge in [-0.15, -0.1) is 0 Å². The lowest BCUT2D eigenvalue weighted by Gasteiger charge is -2.22. The highest BCUT2D eigenvalue weighted by Crippen LogP contribution is 2.28. The van der Waals surface area contributed by atoms with Crippen LogP contribution < -0.4 is 5.32 Å². The fourth-order valence-electron chi connectivity index (χ4n) is 2.53. The van der Waals surface area contributed by atoms with E-state index in [0.29, 0.717) is 30.8 Å². The van der Waals surface area contributed by atoms with Gasteiger partial charge in [0, 0.05) is 30.8 Å². The zero-order valence-electron chi connectivity index (χ0n) is 13.6. The summed E-state index contributed by atoms with van der Waals surface area (Å²) in [6.45, 7) is 3.17. The number of benzene rings is 1. The van der Waals surface area contributed by atoms with Gasteiger partial charge in [-0.25, -0.2) is 0 Å². The molecule has 0 bridgehead atoms. The molecule has 1 aromatic rings. The van der Waals surface area contributed by atoms with Crippen molar-refractivity contribution in [2.45, 2.75) is 51.2 Å². The summed E-state index contributed by atoms with van der Waals surface area (Å²) in [5.74, 6) is 0.0374. The van der Waals surface area contributed by atoms with Crippen LogP contribution >= 0.6 is 0 Å². The predicted octanol–water partition coefficient (Wildman–Crippen LogP) is 2.11. The number of nitrogens with zero attached hydrogens (tertiary/aromatic N) is 1. The van der Waals surface area contributed by atoms with Gasteiger partial charge in [0.15, 0.2) is 0 Å². The molecule has 23 heavy (non-hydrogen) atoms. The summed E-state index contributed by atoms with van der Waals surface area (Å²) in [7, 11) is 0. The van der Waals surface area contributed by atoms with E-state index in [0.717, 1.165) is 31.2 Å². The molecule has 2 fully saturated rings. The van der Waals surface area contributed by atoms with Crippen molar-refractivity contribution in [2.24, 2.45) is 0 Å². The lowest BCUT2D eigenvalue weighted by molar-refractivity contribution is -0.137. The highest BCUT2D eigenvalue weighted by Gasteiger charge is 2.32. The number of rotatable bonds is 8. The second-order valence-electron chi connectivity index (χ2n) is 6.33. The highest BCUT2D eigenvalue weighted by atomic mass is 16.5. The number of hydrogen-bond donors (Lipinski definition) is 1. The smallest absolute Gasteiger partial charge is 0.251 e. The largest absolute Gasteiger partial charge is 0.372 e. The van der Waals surface area contributed by atoms with E-state index in [-0.39, 0.29) is 18.4 Å². The molecule has 0 atom stereocenters. The lowest BCUT2D eigenvalue weighted by Crippen LogP contribution is -2.35. The molecule has 0 spiro atoms. The van der Waals surface area contributed by atoms with Crippen molar-refractivity contribution in [1.29, 1.82) is 0 Å². The predicted molar refractivity (Wildman–Crippen MR) is 87.0 cm³/mol.